The van der Waals surface area contributed by atoms with E-state index in [0.717, 1.165) is 64.2 Å². The molecule has 6 nitrogen and oxygen atoms in total. The van der Waals surface area contributed by atoms with Crippen molar-refractivity contribution in [3.05, 3.63) is 65.2 Å². The lowest BCUT2D eigenvalue weighted by Gasteiger charge is -2.32. The van der Waals surface area contributed by atoms with Crippen LogP contribution in [0.3, 0.4) is 0 Å². The number of ether oxygens (including phenoxy) is 1. The van der Waals surface area contributed by atoms with Crippen molar-refractivity contribution in [2.45, 2.75) is 44.4 Å². The Bertz CT molecular complexity index is 897. The predicted octanol–water partition coefficient (Wildman–Crippen LogP) is 3.51. The summed E-state index contributed by atoms with van der Waals surface area (Å²) in [6.07, 6.45) is 4.13. The van der Waals surface area contributed by atoms with Crippen molar-refractivity contribution in [1.82, 2.24) is 15.5 Å². The summed E-state index contributed by atoms with van der Waals surface area (Å²) in [6.45, 7) is 4.80. The van der Waals surface area contributed by atoms with Crippen LogP contribution in [0.1, 0.15) is 47.2 Å². The molecule has 2 N–H and O–H groups in total. The van der Waals surface area contributed by atoms with Crippen LogP contribution in [-0.4, -0.2) is 49.1 Å². The van der Waals surface area contributed by atoms with Crippen molar-refractivity contribution in [3.63, 3.8) is 0 Å². The number of hydrogen-bond donors (Lipinski definition) is 2. The number of carbonyl (C=O) groups is 1. The Labute approximate surface area is 196 Å². The van der Waals surface area contributed by atoms with Gasteiger partial charge in [-0.25, -0.2) is 0 Å². The average molecular weight is 455 g/mol. The van der Waals surface area contributed by atoms with Crippen molar-refractivity contribution >= 4 is 18.3 Å². The van der Waals surface area contributed by atoms with Gasteiger partial charge in [-0.2, -0.15) is 5.26 Å². The van der Waals surface area contributed by atoms with Gasteiger partial charge in [-0.1, -0.05) is 12.1 Å². The molecule has 1 amide bonds. The molecule has 0 radical (unpaired) electrons. The number of amides is 1. The van der Waals surface area contributed by atoms with E-state index in [1.807, 2.05) is 48.5 Å². The fourth-order valence-electron chi connectivity index (χ4n) is 4.24. The zero-order valence-electron chi connectivity index (χ0n) is 18.3. The number of nitrogens with zero attached hydrogens (tertiary/aromatic N) is 2. The quantitative estimate of drug-likeness (QED) is 0.698. The van der Waals surface area contributed by atoms with E-state index in [1.54, 1.807) is 0 Å². The third-order valence-electron chi connectivity index (χ3n) is 6.12. The van der Waals surface area contributed by atoms with Gasteiger partial charge < -0.3 is 15.4 Å². The molecule has 2 heterocycles. The third kappa shape index (κ3) is 6.70. The normalized spacial score (nSPS) is 17.7. The Morgan fingerprint density at radius 2 is 1.69 bits per heavy atom. The summed E-state index contributed by atoms with van der Waals surface area (Å²) in [5.74, 6) is 0.818. The van der Waals surface area contributed by atoms with Gasteiger partial charge in [0.05, 0.1) is 11.6 Å². The first kappa shape index (κ1) is 24.1. The third-order valence-corrected chi connectivity index (χ3v) is 6.12. The minimum atomic E-state index is -0.00504. The molecule has 2 aliphatic rings. The molecule has 4 rings (SSSR count). The highest BCUT2D eigenvalue weighted by atomic mass is 35.5. The van der Waals surface area contributed by atoms with E-state index >= 15 is 0 Å². The van der Waals surface area contributed by atoms with Crippen LogP contribution in [0.2, 0.25) is 0 Å². The number of halogens is 1. The second-order valence-corrected chi connectivity index (χ2v) is 8.42. The van der Waals surface area contributed by atoms with E-state index < -0.39 is 0 Å². The Hall–Kier alpha value is -2.59. The first-order valence-electron chi connectivity index (χ1n) is 11.2. The minimum Gasteiger partial charge on any atom is -0.490 e. The molecule has 170 valence electrons. The van der Waals surface area contributed by atoms with Gasteiger partial charge in [-0.05, 0) is 80.7 Å². The van der Waals surface area contributed by atoms with Gasteiger partial charge in [0, 0.05) is 31.2 Å². The number of rotatable bonds is 6. The molecule has 2 saturated heterocycles. The van der Waals surface area contributed by atoms with Crippen molar-refractivity contribution in [1.29, 1.82) is 5.26 Å². The largest absolute Gasteiger partial charge is 0.490 e. The topological polar surface area (TPSA) is 77.4 Å². The Morgan fingerprint density at radius 1 is 1.03 bits per heavy atom. The van der Waals surface area contributed by atoms with Gasteiger partial charge >= 0.3 is 0 Å². The maximum atomic E-state index is 12.4. The molecule has 0 saturated carbocycles. The van der Waals surface area contributed by atoms with E-state index in [9.17, 15) is 4.79 Å². The molecule has 2 aromatic carbocycles. The molecule has 0 spiro atoms. The smallest absolute Gasteiger partial charge is 0.251 e. The summed E-state index contributed by atoms with van der Waals surface area (Å²) >= 11 is 0. The SMILES string of the molecule is Cl.N#Cc1ccc(CN2CCC(Oc3ccc(C(=O)NC4CCNCC4)cc3)CC2)cc1. The molecule has 0 aromatic heterocycles. The van der Waals surface area contributed by atoms with Crippen molar-refractivity contribution < 1.29 is 9.53 Å². The Balaban J connectivity index is 0.00000289. The van der Waals surface area contributed by atoms with E-state index in [1.165, 1.54) is 5.56 Å². The molecule has 32 heavy (non-hydrogen) atoms. The fraction of sp³-hybridized carbons (Fsp3) is 0.440. The summed E-state index contributed by atoms with van der Waals surface area (Å²) in [5.41, 5.74) is 2.62. The van der Waals surface area contributed by atoms with Gasteiger partial charge in [-0.15, -0.1) is 12.4 Å². The summed E-state index contributed by atoms with van der Waals surface area (Å²) in [7, 11) is 0. The van der Waals surface area contributed by atoms with Crippen molar-refractivity contribution in [3.8, 4) is 11.8 Å². The van der Waals surface area contributed by atoms with Gasteiger partial charge in [0.25, 0.3) is 5.91 Å². The van der Waals surface area contributed by atoms with E-state index in [2.05, 4.69) is 21.6 Å². The fourth-order valence-corrected chi connectivity index (χ4v) is 4.24. The highest BCUT2D eigenvalue weighted by Gasteiger charge is 2.21. The first-order chi connectivity index (χ1) is 15.2. The Kier molecular flexibility index (Phi) is 8.92. The summed E-state index contributed by atoms with van der Waals surface area (Å²) in [4.78, 5) is 14.9. The molecule has 0 atom stereocenters. The van der Waals surface area contributed by atoms with E-state index in [4.69, 9.17) is 10.00 Å². The highest BCUT2D eigenvalue weighted by Crippen LogP contribution is 2.21. The molecular weight excluding hydrogens is 424 g/mol. The lowest BCUT2D eigenvalue weighted by molar-refractivity contribution is 0.0928. The number of likely N-dealkylation sites (tertiary alicyclic amines) is 1. The molecule has 2 fully saturated rings. The molecule has 7 heteroatoms. The first-order valence-corrected chi connectivity index (χ1v) is 11.2. The van der Waals surface area contributed by atoms with Crippen LogP contribution >= 0.6 is 12.4 Å². The van der Waals surface area contributed by atoms with Crippen LogP contribution in [0.25, 0.3) is 0 Å². The number of carbonyl (C=O) groups excluding carboxylic acids is 1. The summed E-state index contributed by atoms with van der Waals surface area (Å²) < 4.78 is 6.17. The van der Waals surface area contributed by atoms with Gasteiger partial charge in [-0.3, -0.25) is 9.69 Å². The van der Waals surface area contributed by atoms with Gasteiger partial charge in [0.1, 0.15) is 11.9 Å². The van der Waals surface area contributed by atoms with Crippen LogP contribution in [0, 0.1) is 11.3 Å². The highest BCUT2D eigenvalue weighted by molar-refractivity contribution is 5.94. The Morgan fingerprint density at radius 3 is 2.31 bits per heavy atom. The zero-order chi connectivity index (χ0) is 21.5. The van der Waals surface area contributed by atoms with Crippen molar-refractivity contribution in [2.75, 3.05) is 26.2 Å². The second-order valence-electron chi connectivity index (χ2n) is 8.42. The lowest BCUT2D eigenvalue weighted by atomic mass is 10.1. The molecule has 2 aromatic rings. The molecule has 2 aliphatic heterocycles. The summed E-state index contributed by atoms with van der Waals surface area (Å²) in [5, 5.41) is 15.4. The monoisotopic (exact) mass is 454 g/mol. The van der Waals surface area contributed by atoms with Crippen LogP contribution in [0.15, 0.2) is 48.5 Å². The minimum absolute atomic E-state index is 0. The van der Waals surface area contributed by atoms with Crippen LogP contribution in [0.5, 0.6) is 5.75 Å². The van der Waals surface area contributed by atoms with Gasteiger partial charge in [0.15, 0.2) is 0 Å². The zero-order valence-corrected chi connectivity index (χ0v) is 19.1. The maximum absolute atomic E-state index is 12.4. The van der Waals surface area contributed by atoms with Crippen LogP contribution < -0.4 is 15.4 Å². The van der Waals surface area contributed by atoms with E-state index in [0.29, 0.717) is 11.1 Å². The van der Waals surface area contributed by atoms with Crippen molar-refractivity contribution in [2.24, 2.45) is 0 Å². The van der Waals surface area contributed by atoms with Gasteiger partial charge in [0.2, 0.25) is 0 Å². The maximum Gasteiger partial charge on any atom is 0.251 e. The predicted molar refractivity (Wildman–Crippen MR) is 127 cm³/mol. The summed E-state index contributed by atoms with van der Waals surface area (Å²) in [6, 6.07) is 17.8. The number of nitriles is 1. The standard InChI is InChI=1S/C25H30N4O2.ClH/c26-17-19-1-3-20(4-2-19)18-29-15-11-24(12-16-29)31-23-7-5-21(6-8-23)25(30)28-22-9-13-27-14-10-22;/h1-8,22,24,27H,9-16,18H2,(H,28,30);1H. The second kappa shape index (κ2) is 11.9. The van der Waals surface area contributed by atoms with Crippen LogP contribution in [-0.2, 0) is 6.54 Å². The number of nitrogens with one attached hydrogen (secondary N) is 2. The number of piperidine rings is 2. The number of benzene rings is 2. The number of hydrogen-bond acceptors (Lipinski definition) is 5. The molecule has 0 unspecified atom stereocenters. The average Bonchev–Trinajstić information content (AvgIpc) is 2.82. The molecule has 0 aliphatic carbocycles. The lowest BCUT2D eigenvalue weighted by Crippen LogP contribution is -2.42. The molecular formula is C25H31ClN4O2. The van der Waals surface area contributed by atoms with E-state index in [-0.39, 0.29) is 30.5 Å². The molecule has 0 bridgehead atoms. The van der Waals surface area contributed by atoms with Crippen LogP contribution in [0.4, 0.5) is 0 Å².